The molecule has 3 atom stereocenters. The molecule has 1 aromatic carbocycles. The van der Waals surface area contributed by atoms with E-state index in [-0.39, 0.29) is 12.6 Å². The van der Waals surface area contributed by atoms with Gasteiger partial charge in [-0.15, -0.1) is 0 Å². The highest BCUT2D eigenvalue weighted by Crippen LogP contribution is 2.35. The summed E-state index contributed by atoms with van der Waals surface area (Å²) in [6.45, 7) is 5.90. The van der Waals surface area contributed by atoms with Crippen LogP contribution in [0.25, 0.3) is 0 Å². The Morgan fingerprint density at radius 2 is 1.76 bits per heavy atom. The third-order valence-electron chi connectivity index (χ3n) is 4.31. The normalized spacial score (nSPS) is 25.3. The van der Waals surface area contributed by atoms with Gasteiger partial charge in [0.05, 0.1) is 5.56 Å². The lowest BCUT2D eigenvalue weighted by atomic mass is 10.0. The summed E-state index contributed by atoms with van der Waals surface area (Å²) in [5, 5.41) is 0. The number of nitrogens with two attached hydrogens (primary N) is 1. The van der Waals surface area contributed by atoms with Crippen LogP contribution < -0.4 is 5.73 Å². The molecule has 2 nitrogen and oxygen atoms in total. The SMILES string of the molecule is CC1CN(C(CN)c2cc(F)cc(C(F)(F)F)c2)CC1C. The Balaban J connectivity index is 2.32. The lowest BCUT2D eigenvalue weighted by molar-refractivity contribution is -0.137. The van der Waals surface area contributed by atoms with Crippen molar-refractivity contribution in [3.05, 3.63) is 35.1 Å². The molecule has 2 N–H and O–H groups in total. The Kier molecular flexibility index (Phi) is 4.58. The van der Waals surface area contributed by atoms with Crippen LogP contribution in [0.2, 0.25) is 0 Å². The molecule has 1 saturated heterocycles. The number of halogens is 4. The highest BCUT2D eigenvalue weighted by molar-refractivity contribution is 5.29. The van der Waals surface area contributed by atoms with E-state index >= 15 is 0 Å². The van der Waals surface area contributed by atoms with Gasteiger partial charge in [-0.3, -0.25) is 4.90 Å². The first-order valence-corrected chi connectivity index (χ1v) is 7.04. The van der Waals surface area contributed by atoms with E-state index in [0.29, 0.717) is 23.5 Å². The van der Waals surface area contributed by atoms with Crippen LogP contribution in [0.1, 0.15) is 31.0 Å². The minimum Gasteiger partial charge on any atom is -0.329 e. The topological polar surface area (TPSA) is 29.3 Å². The van der Waals surface area contributed by atoms with Crippen LogP contribution in [0.5, 0.6) is 0 Å². The van der Waals surface area contributed by atoms with Crippen LogP contribution in [0, 0.1) is 17.7 Å². The number of benzene rings is 1. The van der Waals surface area contributed by atoms with Crippen molar-refractivity contribution in [2.75, 3.05) is 19.6 Å². The molecule has 2 rings (SSSR count). The largest absolute Gasteiger partial charge is 0.416 e. The van der Waals surface area contributed by atoms with Gasteiger partial charge in [-0.1, -0.05) is 13.8 Å². The molecule has 0 bridgehead atoms. The minimum atomic E-state index is -4.55. The number of hydrogen-bond donors (Lipinski definition) is 1. The van der Waals surface area contributed by atoms with Crippen molar-refractivity contribution in [1.82, 2.24) is 4.90 Å². The number of hydrogen-bond acceptors (Lipinski definition) is 2. The third kappa shape index (κ3) is 3.55. The van der Waals surface area contributed by atoms with E-state index in [1.807, 2.05) is 4.90 Å². The molecule has 1 heterocycles. The molecule has 0 aliphatic carbocycles. The van der Waals surface area contributed by atoms with Crippen molar-refractivity contribution in [3.63, 3.8) is 0 Å². The maximum absolute atomic E-state index is 13.5. The summed E-state index contributed by atoms with van der Waals surface area (Å²) in [6, 6.07) is 2.30. The molecule has 0 spiro atoms. The standard InChI is InChI=1S/C15H20F4N2/c1-9-7-21(8-10(9)2)14(6-20)11-3-12(15(17,18)19)5-13(16)4-11/h3-5,9-10,14H,6-8,20H2,1-2H3. The van der Waals surface area contributed by atoms with E-state index < -0.39 is 17.6 Å². The van der Waals surface area contributed by atoms with Gasteiger partial charge < -0.3 is 5.73 Å². The van der Waals surface area contributed by atoms with E-state index in [4.69, 9.17) is 5.73 Å². The zero-order valence-electron chi connectivity index (χ0n) is 12.1. The van der Waals surface area contributed by atoms with Gasteiger partial charge in [0.25, 0.3) is 0 Å². The molecule has 1 aromatic rings. The highest BCUT2D eigenvalue weighted by Gasteiger charge is 2.34. The monoisotopic (exact) mass is 304 g/mol. The third-order valence-corrected chi connectivity index (χ3v) is 4.31. The summed E-state index contributed by atoms with van der Waals surface area (Å²) >= 11 is 0. The molecular weight excluding hydrogens is 284 g/mol. The Morgan fingerprint density at radius 1 is 1.19 bits per heavy atom. The van der Waals surface area contributed by atoms with Gasteiger partial charge in [-0.25, -0.2) is 4.39 Å². The highest BCUT2D eigenvalue weighted by atomic mass is 19.4. The van der Waals surface area contributed by atoms with E-state index in [1.165, 1.54) is 0 Å². The maximum atomic E-state index is 13.5. The second-order valence-corrected chi connectivity index (χ2v) is 5.93. The van der Waals surface area contributed by atoms with Crippen molar-refractivity contribution in [3.8, 4) is 0 Å². The first-order valence-electron chi connectivity index (χ1n) is 7.04. The van der Waals surface area contributed by atoms with Crippen molar-refractivity contribution in [1.29, 1.82) is 0 Å². The molecule has 1 aliphatic rings. The molecule has 1 aliphatic heterocycles. The van der Waals surface area contributed by atoms with Gasteiger partial charge >= 0.3 is 6.18 Å². The van der Waals surface area contributed by atoms with Crippen LogP contribution in [0.3, 0.4) is 0 Å². The predicted octanol–water partition coefficient (Wildman–Crippen LogP) is 3.43. The minimum absolute atomic E-state index is 0.167. The molecule has 0 saturated carbocycles. The summed E-state index contributed by atoms with van der Waals surface area (Å²) in [7, 11) is 0. The van der Waals surface area contributed by atoms with Crippen molar-refractivity contribution < 1.29 is 17.6 Å². The summed E-state index contributed by atoms with van der Waals surface area (Å²) < 4.78 is 52.0. The average Bonchev–Trinajstić information content (AvgIpc) is 2.68. The zero-order valence-corrected chi connectivity index (χ0v) is 12.1. The number of rotatable bonds is 3. The molecule has 0 aromatic heterocycles. The van der Waals surface area contributed by atoms with Gasteiger partial charge in [0.15, 0.2) is 0 Å². The summed E-state index contributed by atoms with van der Waals surface area (Å²) in [6.07, 6.45) is -4.55. The van der Waals surface area contributed by atoms with Gasteiger partial charge in [0, 0.05) is 25.7 Å². The molecule has 0 radical (unpaired) electrons. The van der Waals surface area contributed by atoms with Gasteiger partial charge in [-0.2, -0.15) is 13.2 Å². The second kappa shape index (κ2) is 5.93. The maximum Gasteiger partial charge on any atom is 0.416 e. The van der Waals surface area contributed by atoms with E-state index in [9.17, 15) is 17.6 Å². The number of alkyl halides is 3. The Labute approximate surface area is 121 Å². The summed E-state index contributed by atoms with van der Waals surface area (Å²) in [5.74, 6) is 0.0305. The van der Waals surface area contributed by atoms with Crippen LogP contribution in [0.4, 0.5) is 17.6 Å². The summed E-state index contributed by atoms with van der Waals surface area (Å²) in [5.41, 5.74) is 5.07. The van der Waals surface area contributed by atoms with Crippen LogP contribution in [-0.4, -0.2) is 24.5 Å². The molecule has 118 valence electrons. The fraction of sp³-hybridized carbons (Fsp3) is 0.600. The second-order valence-electron chi connectivity index (χ2n) is 5.93. The first kappa shape index (κ1) is 16.2. The van der Waals surface area contributed by atoms with Crippen molar-refractivity contribution >= 4 is 0 Å². The van der Waals surface area contributed by atoms with Gasteiger partial charge in [0.2, 0.25) is 0 Å². The van der Waals surface area contributed by atoms with E-state index in [2.05, 4.69) is 13.8 Å². The fourth-order valence-corrected chi connectivity index (χ4v) is 2.89. The van der Waals surface area contributed by atoms with Crippen molar-refractivity contribution in [2.45, 2.75) is 26.1 Å². The molecule has 0 amide bonds. The van der Waals surface area contributed by atoms with Gasteiger partial charge in [0.1, 0.15) is 5.82 Å². The number of nitrogens with zero attached hydrogens (tertiary/aromatic N) is 1. The number of likely N-dealkylation sites (tertiary alicyclic amines) is 1. The lowest BCUT2D eigenvalue weighted by Crippen LogP contribution is -2.32. The molecule has 3 unspecified atom stereocenters. The Bertz CT molecular complexity index is 491. The van der Waals surface area contributed by atoms with Crippen LogP contribution >= 0.6 is 0 Å². The summed E-state index contributed by atoms with van der Waals surface area (Å²) in [4.78, 5) is 2.05. The lowest BCUT2D eigenvalue weighted by Gasteiger charge is -2.27. The Hall–Kier alpha value is -1.14. The average molecular weight is 304 g/mol. The van der Waals surface area contributed by atoms with Crippen LogP contribution in [-0.2, 0) is 6.18 Å². The molecular formula is C15H20F4N2. The molecule has 6 heteroatoms. The first-order chi connectivity index (χ1) is 9.72. The molecule has 1 fully saturated rings. The molecule has 21 heavy (non-hydrogen) atoms. The van der Waals surface area contributed by atoms with Crippen LogP contribution in [0.15, 0.2) is 18.2 Å². The van der Waals surface area contributed by atoms with Gasteiger partial charge in [-0.05, 0) is 35.6 Å². The van der Waals surface area contributed by atoms with E-state index in [1.54, 1.807) is 0 Å². The quantitative estimate of drug-likeness (QED) is 0.867. The predicted molar refractivity (Wildman–Crippen MR) is 73.1 cm³/mol. The fourth-order valence-electron chi connectivity index (χ4n) is 2.89. The van der Waals surface area contributed by atoms with Crippen molar-refractivity contribution in [2.24, 2.45) is 17.6 Å². The zero-order chi connectivity index (χ0) is 15.8. The Morgan fingerprint density at radius 3 is 2.24 bits per heavy atom. The van der Waals surface area contributed by atoms with E-state index in [0.717, 1.165) is 25.2 Å². The smallest absolute Gasteiger partial charge is 0.329 e.